The summed E-state index contributed by atoms with van der Waals surface area (Å²) in [7, 11) is -3.42. The highest BCUT2D eigenvalue weighted by molar-refractivity contribution is 9.10. The minimum Gasteiger partial charge on any atom is -0.468 e. The molecule has 1 aromatic heterocycles. The largest absolute Gasteiger partial charge is 0.468 e. The molecule has 1 aromatic carbocycles. The van der Waals surface area contributed by atoms with E-state index in [0.717, 1.165) is 12.8 Å². The van der Waals surface area contributed by atoms with Crippen molar-refractivity contribution >= 4 is 37.6 Å². The Morgan fingerprint density at radius 3 is 2.86 bits per heavy atom. The fourth-order valence-corrected chi connectivity index (χ4v) is 5.58. The normalized spacial score (nSPS) is 19.6. The first kappa shape index (κ1) is 16.1. The lowest BCUT2D eigenvalue weighted by Crippen LogP contribution is -2.31. The van der Waals surface area contributed by atoms with E-state index in [2.05, 4.69) is 15.9 Å². The third-order valence-corrected chi connectivity index (χ3v) is 6.59. The first-order chi connectivity index (χ1) is 10.5. The molecular formula is C15H15BrClNO3S. The molecule has 7 heteroatoms. The summed E-state index contributed by atoms with van der Waals surface area (Å²) in [5.74, 6) is 0.651. The van der Waals surface area contributed by atoms with Crippen LogP contribution in [0.1, 0.15) is 30.2 Å². The Morgan fingerprint density at radius 1 is 1.36 bits per heavy atom. The van der Waals surface area contributed by atoms with Crippen molar-refractivity contribution < 1.29 is 12.8 Å². The molecule has 1 aliphatic heterocycles. The van der Waals surface area contributed by atoms with Gasteiger partial charge in [-0.1, -0.05) is 33.6 Å². The van der Waals surface area contributed by atoms with E-state index in [9.17, 15) is 8.42 Å². The third-order valence-electron chi connectivity index (χ3n) is 3.79. The SMILES string of the molecule is O=S(=O)(Cc1ccc(Cl)cc1Br)N1CCC[C@H]1c1ccco1. The van der Waals surface area contributed by atoms with Gasteiger partial charge < -0.3 is 4.42 Å². The molecule has 0 saturated carbocycles. The fourth-order valence-electron chi connectivity index (χ4n) is 2.76. The Bertz CT molecular complexity index is 761. The van der Waals surface area contributed by atoms with Gasteiger partial charge in [0, 0.05) is 16.0 Å². The van der Waals surface area contributed by atoms with Gasteiger partial charge >= 0.3 is 0 Å². The van der Waals surface area contributed by atoms with Crippen molar-refractivity contribution in [3.05, 3.63) is 57.4 Å². The van der Waals surface area contributed by atoms with E-state index in [1.165, 1.54) is 0 Å². The second-order valence-corrected chi connectivity index (χ2v) is 8.49. The number of rotatable bonds is 4. The van der Waals surface area contributed by atoms with E-state index in [0.29, 0.717) is 27.4 Å². The average Bonchev–Trinajstić information content (AvgIpc) is 3.11. The zero-order chi connectivity index (χ0) is 15.7. The fraction of sp³-hybridized carbons (Fsp3) is 0.333. The average molecular weight is 405 g/mol. The maximum atomic E-state index is 12.8. The van der Waals surface area contributed by atoms with Gasteiger partial charge in [0.15, 0.2) is 0 Å². The predicted molar refractivity (Wildman–Crippen MR) is 89.2 cm³/mol. The summed E-state index contributed by atoms with van der Waals surface area (Å²) in [5, 5.41) is 0.572. The Labute approximate surface area is 143 Å². The van der Waals surface area contributed by atoms with Crippen LogP contribution in [0.25, 0.3) is 0 Å². The number of hydrogen-bond acceptors (Lipinski definition) is 3. The molecule has 0 N–H and O–H groups in total. The predicted octanol–water partition coefficient (Wildman–Crippen LogP) is 4.36. The summed E-state index contributed by atoms with van der Waals surface area (Å²) < 4.78 is 33.2. The summed E-state index contributed by atoms with van der Waals surface area (Å²) in [6, 6.07) is 8.56. The molecule has 0 bridgehead atoms. The van der Waals surface area contributed by atoms with Crippen LogP contribution in [-0.2, 0) is 15.8 Å². The van der Waals surface area contributed by atoms with E-state index in [4.69, 9.17) is 16.0 Å². The van der Waals surface area contributed by atoms with Gasteiger partial charge in [0.05, 0.1) is 18.1 Å². The molecule has 22 heavy (non-hydrogen) atoms. The lowest BCUT2D eigenvalue weighted by atomic mass is 10.2. The van der Waals surface area contributed by atoms with Crippen molar-refractivity contribution in [3.8, 4) is 0 Å². The number of sulfonamides is 1. The molecule has 0 unspecified atom stereocenters. The number of furan rings is 1. The number of benzene rings is 1. The summed E-state index contributed by atoms with van der Waals surface area (Å²) in [5.41, 5.74) is 0.703. The molecule has 0 spiro atoms. The van der Waals surface area contributed by atoms with Gasteiger partial charge in [-0.05, 0) is 42.7 Å². The summed E-state index contributed by atoms with van der Waals surface area (Å²) in [6.45, 7) is 0.527. The second-order valence-electron chi connectivity index (χ2n) is 5.28. The first-order valence-electron chi connectivity index (χ1n) is 6.94. The van der Waals surface area contributed by atoms with E-state index in [1.54, 1.807) is 34.8 Å². The van der Waals surface area contributed by atoms with Gasteiger partial charge in [-0.3, -0.25) is 0 Å². The van der Waals surface area contributed by atoms with Crippen LogP contribution < -0.4 is 0 Å². The van der Waals surface area contributed by atoms with Crippen LogP contribution in [0, 0.1) is 0 Å². The maximum absolute atomic E-state index is 12.8. The zero-order valence-corrected chi connectivity index (χ0v) is 14.9. The smallest absolute Gasteiger partial charge is 0.218 e. The van der Waals surface area contributed by atoms with E-state index in [1.807, 2.05) is 6.07 Å². The van der Waals surface area contributed by atoms with Gasteiger partial charge in [-0.15, -0.1) is 0 Å². The molecular weight excluding hydrogens is 390 g/mol. The Balaban J connectivity index is 1.86. The van der Waals surface area contributed by atoms with Gasteiger partial charge in [0.1, 0.15) is 5.76 Å². The van der Waals surface area contributed by atoms with Crippen LogP contribution in [0.3, 0.4) is 0 Å². The van der Waals surface area contributed by atoms with Gasteiger partial charge in [0.25, 0.3) is 0 Å². The molecule has 2 aromatic rings. The highest BCUT2D eigenvalue weighted by atomic mass is 79.9. The summed E-state index contributed by atoms with van der Waals surface area (Å²) in [6.07, 6.45) is 3.20. The van der Waals surface area contributed by atoms with E-state index >= 15 is 0 Å². The van der Waals surface area contributed by atoms with Crippen molar-refractivity contribution in [2.45, 2.75) is 24.6 Å². The molecule has 1 saturated heterocycles. The highest BCUT2D eigenvalue weighted by Crippen LogP contribution is 2.36. The number of halogens is 2. The van der Waals surface area contributed by atoms with Crippen molar-refractivity contribution in [3.63, 3.8) is 0 Å². The maximum Gasteiger partial charge on any atom is 0.218 e. The minimum atomic E-state index is -3.42. The van der Waals surface area contributed by atoms with Crippen LogP contribution in [0.2, 0.25) is 5.02 Å². The molecule has 2 heterocycles. The molecule has 0 aliphatic carbocycles. The molecule has 0 amide bonds. The molecule has 118 valence electrons. The molecule has 4 nitrogen and oxygen atoms in total. The van der Waals surface area contributed by atoms with Crippen molar-refractivity contribution in [1.82, 2.24) is 4.31 Å². The van der Waals surface area contributed by atoms with Gasteiger partial charge in [0.2, 0.25) is 10.0 Å². The molecule has 1 atom stereocenters. The number of nitrogens with zero attached hydrogens (tertiary/aromatic N) is 1. The molecule has 1 fully saturated rings. The van der Waals surface area contributed by atoms with E-state index in [-0.39, 0.29) is 11.8 Å². The lowest BCUT2D eigenvalue weighted by Gasteiger charge is -2.22. The highest BCUT2D eigenvalue weighted by Gasteiger charge is 2.36. The molecule has 3 rings (SSSR count). The Hall–Kier alpha value is -0.820. The van der Waals surface area contributed by atoms with Crippen molar-refractivity contribution in [2.24, 2.45) is 0 Å². The van der Waals surface area contributed by atoms with Crippen LogP contribution in [0.5, 0.6) is 0 Å². The van der Waals surface area contributed by atoms with Gasteiger partial charge in [-0.2, -0.15) is 4.31 Å². The zero-order valence-electron chi connectivity index (χ0n) is 11.7. The van der Waals surface area contributed by atoms with Crippen molar-refractivity contribution in [2.75, 3.05) is 6.54 Å². The molecule has 1 aliphatic rings. The van der Waals surface area contributed by atoms with Crippen LogP contribution in [0.4, 0.5) is 0 Å². The summed E-state index contributed by atoms with van der Waals surface area (Å²) in [4.78, 5) is 0. The quantitative estimate of drug-likeness (QED) is 0.760. The lowest BCUT2D eigenvalue weighted by molar-refractivity contribution is 0.339. The van der Waals surface area contributed by atoms with Crippen LogP contribution in [0.15, 0.2) is 45.5 Å². The van der Waals surface area contributed by atoms with Crippen LogP contribution >= 0.6 is 27.5 Å². The Kier molecular flexibility index (Phi) is 4.64. The van der Waals surface area contributed by atoms with Crippen molar-refractivity contribution in [1.29, 1.82) is 0 Å². The molecule has 0 radical (unpaired) electrons. The standard InChI is InChI=1S/C15H15BrClNO3S/c16-13-9-12(17)6-5-11(13)10-22(19,20)18-7-1-3-14(18)15-4-2-8-21-15/h2,4-6,8-9,14H,1,3,7,10H2/t14-/m0/s1. The van der Waals surface area contributed by atoms with E-state index < -0.39 is 10.0 Å². The van der Waals surface area contributed by atoms with Crippen LogP contribution in [-0.4, -0.2) is 19.3 Å². The third kappa shape index (κ3) is 3.25. The monoisotopic (exact) mass is 403 g/mol. The Morgan fingerprint density at radius 2 is 2.18 bits per heavy atom. The second kappa shape index (κ2) is 6.35. The summed E-state index contributed by atoms with van der Waals surface area (Å²) >= 11 is 9.28. The van der Waals surface area contributed by atoms with Gasteiger partial charge in [-0.25, -0.2) is 8.42 Å². The minimum absolute atomic E-state index is 0.0536. The first-order valence-corrected chi connectivity index (χ1v) is 9.72. The number of hydrogen-bond donors (Lipinski definition) is 0. The topological polar surface area (TPSA) is 50.5 Å².